The maximum absolute atomic E-state index is 5.55. The molecule has 0 saturated carbocycles. The molecule has 1 aromatic carbocycles. The van der Waals surface area contributed by atoms with Crippen LogP contribution in [0.15, 0.2) is 34.7 Å². The van der Waals surface area contributed by atoms with Crippen molar-refractivity contribution in [3.8, 4) is 5.75 Å². The summed E-state index contributed by atoms with van der Waals surface area (Å²) < 4.78 is 11.1. The molecule has 1 heterocycles. The molecule has 0 bridgehead atoms. The molecule has 0 aliphatic rings. The summed E-state index contributed by atoms with van der Waals surface area (Å²) in [6.07, 6.45) is 2.96. The second-order valence-corrected chi connectivity index (χ2v) is 4.54. The van der Waals surface area contributed by atoms with Gasteiger partial charge in [-0.2, -0.15) is 0 Å². The van der Waals surface area contributed by atoms with Crippen LogP contribution in [0.5, 0.6) is 5.75 Å². The second-order valence-electron chi connectivity index (χ2n) is 4.54. The van der Waals surface area contributed by atoms with Crippen LogP contribution in [0.2, 0.25) is 0 Å². The quantitative estimate of drug-likeness (QED) is 0.713. The second kappa shape index (κ2) is 8.32. The minimum Gasteiger partial charge on any atom is -0.484 e. The van der Waals surface area contributed by atoms with Crippen molar-refractivity contribution in [1.29, 1.82) is 0 Å². The zero-order valence-electron chi connectivity index (χ0n) is 11.8. The molecule has 5 heteroatoms. The fourth-order valence-corrected chi connectivity index (χ4v) is 1.78. The summed E-state index contributed by atoms with van der Waals surface area (Å²) in [5, 5.41) is 11.4. The van der Waals surface area contributed by atoms with E-state index in [-0.39, 0.29) is 0 Å². The van der Waals surface area contributed by atoms with Crippen LogP contribution in [0.1, 0.15) is 31.5 Å². The number of aromatic nitrogens is 2. The number of benzene rings is 1. The molecule has 0 unspecified atom stereocenters. The third-order valence-electron chi connectivity index (χ3n) is 2.79. The van der Waals surface area contributed by atoms with E-state index >= 15 is 0 Å². The normalized spacial score (nSPS) is 10.7. The van der Waals surface area contributed by atoms with Crippen molar-refractivity contribution >= 4 is 0 Å². The predicted molar refractivity (Wildman–Crippen MR) is 76.6 cm³/mol. The maximum atomic E-state index is 5.55. The van der Waals surface area contributed by atoms with Crippen LogP contribution < -0.4 is 10.1 Å². The number of hydrogen-bond acceptors (Lipinski definition) is 5. The molecule has 1 aromatic heterocycles. The van der Waals surface area contributed by atoms with E-state index in [4.69, 9.17) is 9.15 Å². The fourth-order valence-electron chi connectivity index (χ4n) is 1.78. The summed E-state index contributed by atoms with van der Waals surface area (Å²) in [7, 11) is 0. The maximum Gasteiger partial charge on any atom is 0.253 e. The first kappa shape index (κ1) is 14.5. The SMILES string of the molecule is CCCNCCCc1nnc(COc2ccccc2)o1. The van der Waals surface area contributed by atoms with Crippen LogP contribution in [0.4, 0.5) is 0 Å². The number of aryl methyl sites for hydroxylation is 1. The highest BCUT2D eigenvalue weighted by Crippen LogP contribution is 2.11. The van der Waals surface area contributed by atoms with Crippen LogP contribution in [0.3, 0.4) is 0 Å². The van der Waals surface area contributed by atoms with Crippen molar-refractivity contribution in [3.63, 3.8) is 0 Å². The first-order valence-corrected chi connectivity index (χ1v) is 7.08. The Morgan fingerprint density at radius 1 is 1.10 bits per heavy atom. The van der Waals surface area contributed by atoms with Crippen molar-refractivity contribution < 1.29 is 9.15 Å². The van der Waals surface area contributed by atoms with Crippen molar-refractivity contribution in [2.75, 3.05) is 13.1 Å². The zero-order valence-corrected chi connectivity index (χ0v) is 11.8. The van der Waals surface area contributed by atoms with Crippen molar-refractivity contribution in [2.45, 2.75) is 32.8 Å². The van der Waals surface area contributed by atoms with Gasteiger partial charge in [-0.25, -0.2) is 0 Å². The van der Waals surface area contributed by atoms with E-state index in [1.165, 1.54) is 0 Å². The van der Waals surface area contributed by atoms with Crippen molar-refractivity contribution in [3.05, 3.63) is 42.1 Å². The molecule has 0 spiro atoms. The lowest BCUT2D eigenvalue weighted by atomic mass is 10.3. The largest absolute Gasteiger partial charge is 0.484 e. The number of nitrogens with one attached hydrogen (secondary N) is 1. The van der Waals surface area contributed by atoms with Gasteiger partial charge in [0, 0.05) is 6.42 Å². The summed E-state index contributed by atoms with van der Waals surface area (Å²) in [6, 6.07) is 9.60. The van der Waals surface area contributed by atoms with Gasteiger partial charge in [-0.3, -0.25) is 0 Å². The van der Waals surface area contributed by atoms with Crippen molar-refractivity contribution in [1.82, 2.24) is 15.5 Å². The van der Waals surface area contributed by atoms with Gasteiger partial charge in [0.25, 0.3) is 5.89 Å². The molecule has 5 nitrogen and oxygen atoms in total. The Balaban J connectivity index is 1.69. The molecular formula is C15H21N3O2. The molecule has 108 valence electrons. The van der Waals surface area contributed by atoms with Crippen LogP contribution in [0, 0.1) is 0 Å². The lowest BCUT2D eigenvalue weighted by Crippen LogP contribution is -2.16. The third kappa shape index (κ3) is 5.01. The minimum absolute atomic E-state index is 0.311. The number of hydrogen-bond donors (Lipinski definition) is 1. The van der Waals surface area contributed by atoms with E-state index in [1.54, 1.807) is 0 Å². The van der Waals surface area contributed by atoms with Crippen LogP contribution in [-0.2, 0) is 13.0 Å². The fraction of sp³-hybridized carbons (Fsp3) is 0.467. The summed E-state index contributed by atoms with van der Waals surface area (Å²) in [5.41, 5.74) is 0. The molecule has 0 fully saturated rings. The first-order valence-electron chi connectivity index (χ1n) is 7.08. The molecule has 0 radical (unpaired) electrons. The topological polar surface area (TPSA) is 60.2 Å². The van der Waals surface area contributed by atoms with Gasteiger partial charge >= 0.3 is 0 Å². The minimum atomic E-state index is 0.311. The van der Waals surface area contributed by atoms with Crippen LogP contribution in [-0.4, -0.2) is 23.3 Å². The van der Waals surface area contributed by atoms with Gasteiger partial charge in [0.05, 0.1) is 0 Å². The Hall–Kier alpha value is -1.88. The van der Waals surface area contributed by atoms with Gasteiger partial charge in [0.2, 0.25) is 5.89 Å². The molecular weight excluding hydrogens is 254 g/mol. The highest BCUT2D eigenvalue weighted by atomic mass is 16.5. The number of rotatable bonds is 9. The molecule has 0 saturated heterocycles. The Morgan fingerprint density at radius 2 is 1.90 bits per heavy atom. The van der Waals surface area contributed by atoms with Crippen LogP contribution >= 0.6 is 0 Å². The van der Waals surface area contributed by atoms with E-state index in [9.17, 15) is 0 Å². The number of nitrogens with zero attached hydrogens (tertiary/aromatic N) is 2. The van der Waals surface area contributed by atoms with E-state index in [0.717, 1.165) is 38.1 Å². The van der Waals surface area contributed by atoms with E-state index in [0.29, 0.717) is 18.4 Å². The Bertz CT molecular complexity index is 485. The predicted octanol–water partition coefficient (Wildman–Crippen LogP) is 2.58. The third-order valence-corrected chi connectivity index (χ3v) is 2.79. The monoisotopic (exact) mass is 275 g/mol. The van der Waals surface area contributed by atoms with Crippen molar-refractivity contribution in [2.24, 2.45) is 0 Å². The van der Waals surface area contributed by atoms with E-state index in [2.05, 4.69) is 22.4 Å². The van der Waals surface area contributed by atoms with E-state index in [1.807, 2.05) is 30.3 Å². The molecule has 20 heavy (non-hydrogen) atoms. The molecule has 0 amide bonds. The van der Waals surface area contributed by atoms with Crippen LogP contribution in [0.25, 0.3) is 0 Å². The highest BCUT2D eigenvalue weighted by molar-refractivity contribution is 5.20. The lowest BCUT2D eigenvalue weighted by molar-refractivity contribution is 0.258. The lowest BCUT2D eigenvalue weighted by Gasteiger charge is -2.01. The summed E-state index contributed by atoms with van der Waals surface area (Å²) in [5.74, 6) is 2.00. The van der Waals surface area contributed by atoms with Gasteiger partial charge in [0.1, 0.15) is 5.75 Å². The average molecular weight is 275 g/mol. The Morgan fingerprint density at radius 3 is 2.70 bits per heavy atom. The Kier molecular flexibility index (Phi) is 6.05. The Labute approximate surface area is 119 Å². The van der Waals surface area contributed by atoms with Gasteiger partial charge in [0.15, 0.2) is 6.61 Å². The molecule has 1 N–H and O–H groups in total. The average Bonchev–Trinajstić information content (AvgIpc) is 2.94. The smallest absolute Gasteiger partial charge is 0.253 e. The summed E-state index contributed by atoms with van der Waals surface area (Å²) in [6.45, 7) is 4.50. The number of ether oxygens (including phenoxy) is 1. The first-order chi connectivity index (χ1) is 9.88. The molecule has 0 aliphatic heterocycles. The summed E-state index contributed by atoms with van der Waals surface area (Å²) >= 11 is 0. The van der Waals surface area contributed by atoms with E-state index < -0.39 is 0 Å². The standard InChI is InChI=1S/C15H21N3O2/c1-2-10-16-11-6-9-14-17-18-15(20-14)12-19-13-7-4-3-5-8-13/h3-5,7-8,16H,2,6,9-12H2,1H3. The molecule has 2 aromatic rings. The van der Waals surface area contributed by atoms with Gasteiger partial charge in [-0.05, 0) is 38.1 Å². The molecule has 2 rings (SSSR count). The van der Waals surface area contributed by atoms with Gasteiger partial charge < -0.3 is 14.5 Å². The summed E-state index contributed by atoms with van der Waals surface area (Å²) in [4.78, 5) is 0. The molecule has 0 aliphatic carbocycles. The number of para-hydroxylation sites is 1. The molecule has 0 atom stereocenters. The zero-order chi connectivity index (χ0) is 14.0. The van der Waals surface area contributed by atoms with Gasteiger partial charge in [-0.15, -0.1) is 10.2 Å². The highest BCUT2D eigenvalue weighted by Gasteiger charge is 2.06. The van der Waals surface area contributed by atoms with Gasteiger partial charge in [-0.1, -0.05) is 25.1 Å².